The molecule has 1 amide bonds. The van der Waals surface area contributed by atoms with Crippen molar-refractivity contribution in [2.24, 2.45) is 0 Å². The van der Waals surface area contributed by atoms with Gasteiger partial charge in [-0.15, -0.1) is 0 Å². The molecule has 0 aliphatic carbocycles. The molecule has 0 aliphatic heterocycles. The summed E-state index contributed by atoms with van der Waals surface area (Å²) in [5, 5.41) is 8.69. The number of halogens is 1. The van der Waals surface area contributed by atoms with Gasteiger partial charge in [0.1, 0.15) is 0 Å². The van der Waals surface area contributed by atoms with Crippen LogP contribution in [0.4, 0.5) is 0 Å². The number of benzene rings is 1. The monoisotopic (exact) mass is 313 g/mol. The summed E-state index contributed by atoms with van der Waals surface area (Å²) in [5.74, 6) is 0.0332. The Kier molecular flexibility index (Phi) is 6.36. The van der Waals surface area contributed by atoms with Crippen molar-refractivity contribution in [2.75, 3.05) is 20.2 Å². The molecule has 0 unspecified atom stereocenters. The standard InChI is InChI=1S/C14H20BrNO2/c1-11-6-7-12(13(15)10-11)14(18)16(2)8-4-3-5-9-17/h6-7,10,17H,3-5,8-9H2,1-2H3. The second kappa shape index (κ2) is 7.54. The lowest BCUT2D eigenvalue weighted by molar-refractivity contribution is 0.0791. The molecule has 1 aromatic rings. The molecule has 0 heterocycles. The molecular weight excluding hydrogens is 294 g/mol. The minimum atomic E-state index is 0.0332. The minimum absolute atomic E-state index is 0.0332. The van der Waals surface area contributed by atoms with Crippen molar-refractivity contribution in [3.8, 4) is 0 Å². The molecular formula is C14H20BrNO2. The van der Waals surface area contributed by atoms with Gasteiger partial charge in [0, 0.05) is 24.7 Å². The van der Waals surface area contributed by atoms with Crippen LogP contribution in [0.25, 0.3) is 0 Å². The maximum absolute atomic E-state index is 12.2. The quantitative estimate of drug-likeness (QED) is 0.820. The second-order valence-corrected chi connectivity index (χ2v) is 5.35. The van der Waals surface area contributed by atoms with Crippen molar-refractivity contribution in [2.45, 2.75) is 26.2 Å². The van der Waals surface area contributed by atoms with E-state index in [-0.39, 0.29) is 12.5 Å². The first kappa shape index (κ1) is 15.2. The maximum Gasteiger partial charge on any atom is 0.254 e. The van der Waals surface area contributed by atoms with Gasteiger partial charge in [-0.05, 0) is 59.8 Å². The fourth-order valence-electron chi connectivity index (χ4n) is 1.74. The Labute approximate surface area is 117 Å². The highest BCUT2D eigenvalue weighted by Crippen LogP contribution is 2.19. The summed E-state index contributed by atoms with van der Waals surface area (Å²) in [7, 11) is 1.81. The molecule has 0 saturated carbocycles. The van der Waals surface area contributed by atoms with Crippen LogP contribution in [0.1, 0.15) is 35.2 Å². The molecule has 0 fully saturated rings. The van der Waals surface area contributed by atoms with Crippen molar-refractivity contribution in [1.82, 2.24) is 4.90 Å². The van der Waals surface area contributed by atoms with E-state index in [1.165, 1.54) is 0 Å². The minimum Gasteiger partial charge on any atom is -0.396 e. The van der Waals surface area contributed by atoms with E-state index in [0.717, 1.165) is 35.8 Å². The summed E-state index contributed by atoms with van der Waals surface area (Å²) in [6, 6.07) is 5.75. The van der Waals surface area contributed by atoms with E-state index in [1.807, 2.05) is 32.2 Å². The van der Waals surface area contributed by atoms with Crippen molar-refractivity contribution in [3.63, 3.8) is 0 Å². The summed E-state index contributed by atoms with van der Waals surface area (Å²) in [5.41, 5.74) is 1.83. The van der Waals surface area contributed by atoms with Crippen LogP contribution in [0.15, 0.2) is 22.7 Å². The zero-order valence-corrected chi connectivity index (χ0v) is 12.5. The lowest BCUT2D eigenvalue weighted by Gasteiger charge is -2.18. The zero-order valence-electron chi connectivity index (χ0n) is 10.9. The lowest BCUT2D eigenvalue weighted by atomic mass is 10.1. The predicted molar refractivity (Wildman–Crippen MR) is 76.8 cm³/mol. The molecule has 0 radical (unpaired) electrons. The van der Waals surface area contributed by atoms with E-state index in [1.54, 1.807) is 4.90 Å². The predicted octanol–water partition coefficient (Wildman–Crippen LogP) is 2.99. The summed E-state index contributed by atoms with van der Waals surface area (Å²) < 4.78 is 0.842. The van der Waals surface area contributed by atoms with Gasteiger partial charge in [-0.25, -0.2) is 0 Å². The molecule has 0 atom stereocenters. The highest BCUT2D eigenvalue weighted by Gasteiger charge is 2.14. The Bertz CT molecular complexity index is 407. The molecule has 1 N–H and O–H groups in total. The van der Waals surface area contributed by atoms with Crippen LogP contribution in [0.3, 0.4) is 0 Å². The van der Waals surface area contributed by atoms with Crippen molar-refractivity contribution in [1.29, 1.82) is 0 Å². The van der Waals surface area contributed by atoms with Crippen molar-refractivity contribution in [3.05, 3.63) is 33.8 Å². The van der Waals surface area contributed by atoms with Crippen LogP contribution < -0.4 is 0 Å². The molecule has 0 spiro atoms. The fraction of sp³-hybridized carbons (Fsp3) is 0.500. The normalized spacial score (nSPS) is 10.4. The molecule has 0 bridgehead atoms. The zero-order chi connectivity index (χ0) is 13.5. The first-order chi connectivity index (χ1) is 8.56. The van der Waals surface area contributed by atoms with Gasteiger partial charge in [-0.1, -0.05) is 6.07 Å². The molecule has 100 valence electrons. The molecule has 4 heteroatoms. The van der Waals surface area contributed by atoms with Gasteiger partial charge >= 0.3 is 0 Å². The third-order valence-electron chi connectivity index (χ3n) is 2.85. The summed E-state index contributed by atoms with van der Waals surface area (Å²) in [6.45, 7) is 2.94. The number of nitrogens with zero attached hydrogens (tertiary/aromatic N) is 1. The molecule has 0 aromatic heterocycles. The fourth-order valence-corrected chi connectivity index (χ4v) is 2.40. The van der Waals surface area contributed by atoms with Crippen LogP contribution >= 0.6 is 15.9 Å². The van der Waals surface area contributed by atoms with E-state index in [2.05, 4.69) is 15.9 Å². The molecule has 0 aliphatic rings. The Morgan fingerprint density at radius 3 is 2.67 bits per heavy atom. The summed E-state index contributed by atoms with van der Waals surface area (Å²) in [4.78, 5) is 13.9. The largest absolute Gasteiger partial charge is 0.396 e. The number of unbranched alkanes of at least 4 members (excludes halogenated alkanes) is 2. The van der Waals surface area contributed by atoms with E-state index in [4.69, 9.17) is 5.11 Å². The SMILES string of the molecule is Cc1ccc(C(=O)N(C)CCCCCO)c(Br)c1. The van der Waals surface area contributed by atoms with Crippen molar-refractivity contribution >= 4 is 21.8 Å². The van der Waals surface area contributed by atoms with E-state index in [9.17, 15) is 4.79 Å². The average Bonchev–Trinajstić information content (AvgIpc) is 2.33. The van der Waals surface area contributed by atoms with Crippen LogP contribution in [-0.4, -0.2) is 36.1 Å². The smallest absolute Gasteiger partial charge is 0.254 e. The number of aliphatic hydroxyl groups excluding tert-OH is 1. The van der Waals surface area contributed by atoms with Crippen LogP contribution in [0.5, 0.6) is 0 Å². The van der Waals surface area contributed by atoms with Gasteiger partial charge in [0.25, 0.3) is 5.91 Å². The summed E-state index contributed by atoms with van der Waals surface area (Å²) in [6.07, 6.45) is 2.67. The Balaban J connectivity index is 2.57. The number of aliphatic hydroxyl groups is 1. The number of amides is 1. The van der Waals surface area contributed by atoms with Crippen LogP contribution in [0.2, 0.25) is 0 Å². The van der Waals surface area contributed by atoms with Gasteiger partial charge in [-0.2, -0.15) is 0 Å². The summed E-state index contributed by atoms with van der Waals surface area (Å²) >= 11 is 3.43. The van der Waals surface area contributed by atoms with Gasteiger partial charge in [0.15, 0.2) is 0 Å². The van der Waals surface area contributed by atoms with Crippen LogP contribution in [-0.2, 0) is 0 Å². The Hall–Kier alpha value is -0.870. The number of carbonyl (C=O) groups excluding carboxylic acids is 1. The molecule has 3 nitrogen and oxygen atoms in total. The Morgan fingerprint density at radius 2 is 2.06 bits per heavy atom. The third-order valence-corrected chi connectivity index (χ3v) is 3.51. The highest BCUT2D eigenvalue weighted by atomic mass is 79.9. The van der Waals surface area contributed by atoms with Crippen LogP contribution in [0, 0.1) is 6.92 Å². The van der Waals surface area contributed by atoms with Gasteiger partial charge in [0.2, 0.25) is 0 Å². The second-order valence-electron chi connectivity index (χ2n) is 4.49. The lowest BCUT2D eigenvalue weighted by Crippen LogP contribution is -2.28. The first-order valence-electron chi connectivity index (χ1n) is 6.18. The Morgan fingerprint density at radius 1 is 1.33 bits per heavy atom. The number of rotatable bonds is 6. The maximum atomic E-state index is 12.2. The third kappa shape index (κ3) is 4.42. The number of carbonyl (C=O) groups is 1. The molecule has 18 heavy (non-hydrogen) atoms. The molecule has 1 rings (SSSR count). The molecule has 0 saturated heterocycles. The van der Waals surface area contributed by atoms with Gasteiger partial charge < -0.3 is 10.0 Å². The van der Waals surface area contributed by atoms with E-state index in [0.29, 0.717) is 5.56 Å². The average molecular weight is 314 g/mol. The first-order valence-corrected chi connectivity index (χ1v) is 6.98. The highest BCUT2D eigenvalue weighted by molar-refractivity contribution is 9.10. The van der Waals surface area contributed by atoms with E-state index >= 15 is 0 Å². The molecule has 1 aromatic carbocycles. The number of hydrogen-bond donors (Lipinski definition) is 1. The van der Waals surface area contributed by atoms with E-state index < -0.39 is 0 Å². The topological polar surface area (TPSA) is 40.5 Å². The van der Waals surface area contributed by atoms with Crippen molar-refractivity contribution < 1.29 is 9.90 Å². The number of aryl methyl sites for hydroxylation is 1. The number of hydrogen-bond acceptors (Lipinski definition) is 2. The van der Waals surface area contributed by atoms with Gasteiger partial charge in [-0.3, -0.25) is 4.79 Å². The van der Waals surface area contributed by atoms with Gasteiger partial charge in [0.05, 0.1) is 5.56 Å².